The molecular formula is C16H28ClNOSi. The van der Waals surface area contributed by atoms with E-state index in [0.717, 1.165) is 23.7 Å². The third kappa shape index (κ3) is 5.56. The van der Waals surface area contributed by atoms with Gasteiger partial charge in [-0.15, -0.1) is 0 Å². The van der Waals surface area contributed by atoms with Crippen LogP contribution in [0, 0.1) is 0 Å². The molecule has 114 valence electrons. The Morgan fingerprint density at radius 2 is 1.85 bits per heavy atom. The Labute approximate surface area is 131 Å². The number of nitrogens with one attached hydrogen (secondary N) is 1. The van der Waals surface area contributed by atoms with Gasteiger partial charge in [-0.1, -0.05) is 51.4 Å². The van der Waals surface area contributed by atoms with Gasteiger partial charge in [-0.25, -0.2) is 0 Å². The number of rotatable bonds is 6. The summed E-state index contributed by atoms with van der Waals surface area (Å²) >= 11 is 6.38. The van der Waals surface area contributed by atoms with Crippen LogP contribution >= 0.6 is 11.6 Å². The summed E-state index contributed by atoms with van der Waals surface area (Å²) in [6.45, 7) is 14.9. The highest BCUT2D eigenvalue weighted by atomic mass is 35.5. The van der Waals surface area contributed by atoms with E-state index in [2.05, 4.69) is 59.0 Å². The number of benzene rings is 1. The zero-order chi connectivity index (χ0) is 15.4. The van der Waals surface area contributed by atoms with E-state index in [4.69, 9.17) is 16.0 Å². The van der Waals surface area contributed by atoms with Crippen LogP contribution < -0.4 is 5.32 Å². The molecule has 0 aliphatic carbocycles. The quantitative estimate of drug-likeness (QED) is 0.801. The van der Waals surface area contributed by atoms with E-state index >= 15 is 0 Å². The van der Waals surface area contributed by atoms with E-state index in [1.165, 1.54) is 5.56 Å². The van der Waals surface area contributed by atoms with Crippen molar-refractivity contribution in [1.82, 2.24) is 5.32 Å². The maximum absolute atomic E-state index is 6.38. The molecule has 0 heterocycles. The molecule has 2 nitrogen and oxygen atoms in total. The van der Waals surface area contributed by atoms with E-state index in [1.54, 1.807) is 0 Å². The molecule has 1 aromatic carbocycles. The molecule has 0 fully saturated rings. The van der Waals surface area contributed by atoms with Crippen molar-refractivity contribution in [3.05, 3.63) is 34.3 Å². The fourth-order valence-electron chi connectivity index (χ4n) is 1.89. The molecular weight excluding hydrogens is 286 g/mol. The summed E-state index contributed by atoms with van der Waals surface area (Å²) in [5, 5.41) is 4.42. The van der Waals surface area contributed by atoms with Crippen LogP contribution in [0.4, 0.5) is 0 Å². The molecule has 0 aromatic heterocycles. The first kappa shape index (κ1) is 17.7. The minimum absolute atomic E-state index is 0.283. The number of hydrogen-bond donors (Lipinski definition) is 1. The molecule has 4 heteroatoms. The maximum Gasteiger partial charge on any atom is 0.168 e. The highest BCUT2D eigenvalue weighted by Gasteiger charge is 2.26. The molecule has 1 rings (SSSR count). The average Bonchev–Trinajstić information content (AvgIpc) is 2.34. The molecule has 0 aliphatic rings. The van der Waals surface area contributed by atoms with Crippen molar-refractivity contribution >= 4 is 21.4 Å². The van der Waals surface area contributed by atoms with Crippen LogP contribution in [-0.4, -0.2) is 16.3 Å². The second kappa shape index (κ2) is 7.08. The normalized spacial score (nSPS) is 13.3. The van der Waals surface area contributed by atoms with Crippen molar-refractivity contribution in [2.45, 2.75) is 58.7 Å². The Balaban J connectivity index is 2.91. The van der Waals surface area contributed by atoms with Gasteiger partial charge in [-0.3, -0.25) is 0 Å². The Morgan fingerprint density at radius 3 is 2.40 bits per heavy atom. The van der Waals surface area contributed by atoms with Gasteiger partial charge in [0.25, 0.3) is 0 Å². The third-order valence-electron chi connectivity index (χ3n) is 3.12. The van der Waals surface area contributed by atoms with Crippen LogP contribution in [0.3, 0.4) is 0 Å². The topological polar surface area (TPSA) is 21.3 Å². The highest BCUT2D eigenvalue weighted by molar-refractivity contribution is 6.32. The lowest BCUT2D eigenvalue weighted by Gasteiger charge is -2.31. The molecule has 0 aliphatic heterocycles. The van der Waals surface area contributed by atoms with E-state index in [0.29, 0.717) is 0 Å². The summed E-state index contributed by atoms with van der Waals surface area (Å²) in [7, 11) is -0.617. The summed E-state index contributed by atoms with van der Waals surface area (Å²) in [5.74, 6) is 0. The van der Waals surface area contributed by atoms with Gasteiger partial charge in [0.05, 0.1) is 5.60 Å². The third-order valence-corrected chi connectivity index (χ3v) is 5.19. The molecule has 1 N–H and O–H groups in total. The molecule has 0 atom stereocenters. The Hall–Kier alpha value is -0.353. The average molecular weight is 314 g/mol. The minimum atomic E-state index is -0.617. The molecule has 0 amide bonds. The van der Waals surface area contributed by atoms with E-state index in [-0.39, 0.29) is 10.6 Å². The van der Waals surface area contributed by atoms with Crippen LogP contribution in [0.2, 0.25) is 10.1 Å². The summed E-state index contributed by atoms with van der Waals surface area (Å²) < 4.78 is 6.25. The molecule has 0 spiro atoms. The van der Waals surface area contributed by atoms with Crippen LogP contribution in [0.1, 0.15) is 52.7 Å². The van der Waals surface area contributed by atoms with Crippen LogP contribution in [0.15, 0.2) is 18.2 Å². The number of hydrogen-bond acceptors (Lipinski definition) is 2. The monoisotopic (exact) mass is 313 g/mol. The minimum Gasteiger partial charge on any atom is -0.414 e. The molecule has 0 radical (unpaired) electrons. The Kier molecular flexibility index (Phi) is 6.26. The first-order valence-corrected chi connectivity index (χ1v) is 8.95. The fraction of sp³-hybridized carbons (Fsp3) is 0.625. The molecule has 0 saturated carbocycles. The molecule has 0 unspecified atom stereocenters. The molecule has 0 bridgehead atoms. The first-order valence-electron chi connectivity index (χ1n) is 7.29. The zero-order valence-electron chi connectivity index (χ0n) is 13.6. The SMILES string of the molecule is CCNCc1ccc(Cl)c(C(C)(C)O[SiH2]C(C)(C)C)c1. The van der Waals surface area contributed by atoms with E-state index in [1.807, 2.05) is 6.07 Å². The molecule has 1 aromatic rings. The van der Waals surface area contributed by atoms with Crippen molar-refractivity contribution in [2.24, 2.45) is 0 Å². The Bertz CT molecular complexity index is 441. The smallest absolute Gasteiger partial charge is 0.168 e. The summed E-state index contributed by atoms with van der Waals surface area (Å²) in [6.07, 6.45) is 0. The van der Waals surface area contributed by atoms with Gasteiger partial charge in [0, 0.05) is 17.1 Å². The maximum atomic E-state index is 6.38. The first-order chi connectivity index (χ1) is 9.15. The lowest BCUT2D eigenvalue weighted by Crippen LogP contribution is -2.28. The second-order valence-electron chi connectivity index (χ2n) is 6.95. The lowest BCUT2D eigenvalue weighted by atomic mass is 9.96. The Morgan fingerprint density at radius 1 is 1.20 bits per heavy atom. The van der Waals surface area contributed by atoms with Gasteiger partial charge in [-0.2, -0.15) is 0 Å². The van der Waals surface area contributed by atoms with Crippen LogP contribution in [-0.2, 0) is 16.6 Å². The van der Waals surface area contributed by atoms with Gasteiger partial charge in [0.15, 0.2) is 9.76 Å². The fourth-order valence-corrected chi connectivity index (χ4v) is 3.18. The van der Waals surface area contributed by atoms with E-state index < -0.39 is 9.76 Å². The van der Waals surface area contributed by atoms with Crippen molar-refractivity contribution in [3.63, 3.8) is 0 Å². The summed E-state index contributed by atoms with van der Waals surface area (Å²) in [4.78, 5) is 0. The van der Waals surface area contributed by atoms with Crippen LogP contribution in [0.25, 0.3) is 0 Å². The van der Waals surface area contributed by atoms with Gasteiger partial charge >= 0.3 is 0 Å². The predicted molar refractivity (Wildman–Crippen MR) is 91.2 cm³/mol. The second-order valence-corrected chi connectivity index (χ2v) is 10.1. The predicted octanol–water partition coefficient (Wildman–Crippen LogP) is 4.00. The van der Waals surface area contributed by atoms with Crippen molar-refractivity contribution in [1.29, 1.82) is 0 Å². The number of halogens is 1. The van der Waals surface area contributed by atoms with Crippen molar-refractivity contribution < 1.29 is 4.43 Å². The van der Waals surface area contributed by atoms with Gasteiger partial charge in [0.2, 0.25) is 0 Å². The highest BCUT2D eigenvalue weighted by Crippen LogP contribution is 2.34. The molecule has 20 heavy (non-hydrogen) atoms. The summed E-state index contributed by atoms with van der Waals surface area (Å²) in [5.41, 5.74) is 2.02. The van der Waals surface area contributed by atoms with Crippen molar-refractivity contribution in [2.75, 3.05) is 6.54 Å². The zero-order valence-corrected chi connectivity index (χ0v) is 15.8. The van der Waals surface area contributed by atoms with Gasteiger partial charge < -0.3 is 9.74 Å². The lowest BCUT2D eigenvalue weighted by molar-refractivity contribution is 0.109. The standard InChI is InChI=1S/C16H28ClNOSi/c1-7-18-11-12-8-9-14(17)13(10-12)16(5,6)19-20-15(2,3)4/h8-10,18H,7,11,20H2,1-6H3. The largest absolute Gasteiger partial charge is 0.414 e. The van der Waals surface area contributed by atoms with Gasteiger partial charge in [0.1, 0.15) is 0 Å². The van der Waals surface area contributed by atoms with Crippen molar-refractivity contribution in [3.8, 4) is 0 Å². The summed E-state index contributed by atoms with van der Waals surface area (Å²) in [6, 6.07) is 6.22. The molecule has 0 saturated heterocycles. The van der Waals surface area contributed by atoms with Gasteiger partial charge in [-0.05, 0) is 37.1 Å². The van der Waals surface area contributed by atoms with Crippen LogP contribution in [0.5, 0.6) is 0 Å². The van der Waals surface area contributed by atoms with E-state index in [9.17, 15) is 0 Å².